The number of benzene rings is 1. The van der Waals surface area contributed by atoms with Crippen molar-refractivity contribution in [3.05, 3.63) is 48.0 Å². The molecule has 2 rings (SSSR count). The zero-order valence-electron chi connectivity index (χ0n) is 10.9. The van der Waals surface area contributed by atoms with E-state index in [1.54, 1.807) is 0 Å². The van der Waals surface area contributed by atoms with Gasteiger partial charge in [-0.05, 0) is 30.2 Å². The molecule has 1 aromatic carbocycles. The maximum atomic E-state index is 4.47. The number of anilines is 3. The zero-order valence-corrected chi connectivity index (χ0v) is 10.9. The Morgan fingerprint density at radius 1 is 1.00 bits per heavy atom. The van der Waals surface area contributed by atoms with Gasteiger partial charge in [-0.1, -0.05) is 37.6 Å². The van der Waals surface area contributed by atoms with Crippen LogP contribution in [-0.2, 0) is 6.42 Å². The van der Waals surface area contributed by atoms with Crippen LogP contribution in [0.25, 0.3) is 0 Å². The van der Waals surface area contributed by atoms with Gasteiger partial charge >= 0.3 is 0 Å². The molecule has 0 saturated heterocycles. The Morgan fingerprint density at radius 3 is 2.56 bits per heavy atom. The number of nitrogens with one attached hydrogen (secondary N) is 2. The molecule has 1 aromatic heterocycles. The van der Waals surface area contributed by atoms with E-state index < -0.39 is 0 Å². The van der Waals surface area contributed by atoms with Gasteiger partial charge in [-0.15, -0.1) is 0 Å². The average molecular weight is 241 g/mol. The summed E-state index contributed by atoms with van der Waals surface area (Å²) in [5.74, 6) is 1.73. The van der Waals surface area contributed by atoms with E-state index in [1.807, 2.05) is 31.3 Å². The lowest BCUT2D eigenvalue weighted by Gasteiger charge is -2.11. The van der Waals surface area contributed by atoms with Crippen LogP contribution in [-0.4, -0.2) is 12.0 Å². The van der Waals surface area contributed by atoms with Gasteiger partial charge in [0, 0.05) is 12.7 Å². The average Bonchev–Trinajstić information content (AvgIpc) is 2.41. The second kappa shape index (κ2) is 6.05. The fourth-order valence-corrected chi connectivity index (χ4v) is 1.91. The third-order valence-electron chi connectivity index (χ3n) is 2.80. The van der Waals surface area contributed by atoms with E-state index >= 15 is 0 Å². The Labute approximate surface area is 108 Å². The number of hydrogen-bond acceptors (Lipinski definition) is 3. The summed E-state index contributed by atoms with van der Waals surface area (Å²) in [5.41, 5.74) is 2.47. The van der Waals surface area contributed by atoms with Crippen LogP contribution in [0.5, 0.6) is 0 Å². The molecule has 2 aromatic rings. The van der Waals surface area contributed by atoms with E-state index in [0.29, 0.717) is 0 Å². The molecule has 2 N–H and O–H groups in total. The molecule has 0 fully saturated rings. The Hall–Kier alpha value is -2.03. The maximum Gasteiger partial charge on any atom is 0.132 e. The molecule has 0 atom stereocenters. The predicted octanol–water partition coefficient (Wildman–Crippen LogP) is 3.82. The molecule has 0 aliphatic rings. The lowest BCUT2D eigenvalue weighted by molar-refractivity contribution is 0.923. The Balaban J connectivity index is 2.22. The molecule has 0 spiro atoms. The third kappa shape index (κ3) is 3.00. The summed E-state index contributed by atoms with van der Waals surface area (Å²) in [5, 5.41) is 6.42. The van der Waals surface area contributed by atoms with Gasteiger partial charge < -0.3 is 10.6 Å². The minimum Gasteiger partial charge on any atom is -0.373 e. The number of pyridine rings is 1. The van der Waals surface area contributed by atoms with Crippen molar-refractivity contribution in [1.29, 1.82) is 0 Å². The second-order valence-electron chi connectivity index (χ2n) is 4.19. The van der Waals surface area contributed by atoms with Crippen molar-refractivity contribution < 1.29 is 0 Å². The van der Waals surface area contributed by atoms with Gasteiger partial charge in [-0.2, -0.15) is 0 Å². The van der Waals surface area contributed by atoms with E-state index in [0.717, 1.165) is 30.2 Å². The van der Waals surface area contributed by atoms with Crippen LogP contribution in [0.1, 0.15) is 18.9 Å². The molecule has 0 aliphatic carbocycles. The molecule has 0 aliphatic heterocycles. The first kappa shape index (κ1) is 12.4. The SMILES string of the molecule is CCCc1ccccc1Nc1cccc(NC)n1. The van der Waals surface area contributed by atoms with Gasteiger partial charge in [0.1, 0.15) is 11.6 Å². The quantitative estimate of drug-likeness (QED) is 0.835. The van der Waals surface area contributed by atoms with Crippen LogP contribution >= 0.6 is 0 Å². The van der Waals surface area contributed by atoms with Crippen molar-refractivity contribution in [3.8, 4) is 0 Å². The third-order valence-corrected chi connectivity index (χ3v) is 2.80. The van der Waals surface area contributed by atoms with Crippen molar-refractivity contribution in [2.45, 2.75) is 19.8 Å². The summed E-state index contributed by atoms with van der Waals surface area (Å²) in [6.07, 6.45) is 2.22. The topological polar surface area (TPSA) is 37.0 Å². The van der Waals surface area contributed by atoms with Crippen molar-refractivity contribution >= 4 is 17.3 Å². The van der Waals surface area contributed by atoms with E-state index in [2.05, 4.69) is 40.7 Å². The first-order valence-electron chi connectivity index (χ1n) is 6.33. The van der Waals surface area contributed by atoms with Crippen LogP contribution in [0.2, 0.25) is 0 Å². The number of hydrogen-bond donors (Lipinski definition) is 2. The minimum atomic E-state index is 0.866. The Morgan fingerprint density at radius 2 is 1.78 bits per heavy atom. The molecule has 0 radical (unpaired) electrons. The number of aryl methyl sites for hydroxylation is 1. The highest BCUT2D eigenvalue weighted by Crippen LogP contribution is 2.21. The van der Waals surface area contributed by atoms with E-state index in [-0.39, 0.29) is 0 Å². The monoisotopic (exact) mass is 241 g/mol. The van der Waals surface area contributed by atoms with E-state index in [9.17, 15) is 0 Å². The highest BCUT2D eigenvalue weighted by atomic mass is 15.1. The summed E-state index contributed by atoms with van der Waals surface area (Å²) < 4.78 is 0. The molecule has 0 bridgehead atoms. The maximum absolute atomic E-state index is 4.47. The fraction of sp³-hybridized carbons (Fsp3) is 0.267. The molecule has 0 unspecified atom stereocenters. The predicted molar refractivity (Wildman–Crippen MR) is 77.5 cm³/mol. The highest BCUT2D eigenvalue weighted by molar-refractivity contribution is 5.61. The lowest BCUT2D eigenvalue weighted by atomic mass is 10.1. The normalized spacial score (nSPS) is 10.1. The van der Waals surface area contributed by atoms with Crippen LogP contribution in [0.3, 0.4) is 0 Å². The van der Waals surface area contributed by atoms with Crippen LogP contribution in [0.4, 0.5) is 17.3 Å². The summed E-state index contributed by atoms with van der Waals surface area (Å²) >= 11 is 0. The van der Waals surface area contributed by atoms with Crippen LogP contribution in [0.15, 0.2) is 42.5 Å². The Bertz CT molecular complexity index is 509. The molecule has 94 valence electrons. The molecule has 0 amide bonds. The second-order valence-corrected chi connectivity index (χ2v) is 4.19. The van der Waals surface area contributed by atoms with Gasteiger partial charge in [-0.25, -0.2) is 4.98 Å². The summed E-state index contributed by atoms with van der Waals surface area (Å²) in [4.78, 5) is 4.47. The molecule has 1 heterocycles. The highest BCUT2D eigenvalue weighted by Gasteiger charge is 2.02. The van der Waals surface area contributed by atoms with Gasteiger partial charge in [0.25, 0.3) is 0 Å². The molecular formula is C15H19N3. The number of para-hydroxylation sites is 1. The largest absolute Gasteiger partial charge is 0.373 e. The first-order valence-corrected chi connectivity index (χ1v) is 6.33. The summed E-state index contributed by atoms with van der Waals surface area (Å²) in [6, 6.07) is 14.3. The Kier molecular flexibility index (Phi) is 4.18. The van der Waals surface area contributed by atoms with Gasteiger partial charge in [0.15, 0.2) is 0 Å². The minimum absolute atomic E-state index is 0.866. The summed E-state index contributed by atoms with van der Waals surface area (Å²) in [7, 11) is 1.87. The zero-order chi connectivity index (χ0) is 12.8. The van der Waals surface area contributed by atoms with Crippen LogP contribution in [0, 0.1) is 0 Å². The van der Waals surface area contributed by atoms with Gasteiger partial charge in [-0.3, -0.25) is 0 Å². The molecule has 18 heavy (non-hydrogen) atoms. The van der Waals surface area contributed by atoms with Gasteiger partial charge in [0.2, 0.25) is 0 Å². The molecular weight excluding hydrogens is 222 g/mol. The van der Waals surface area contributed by atoms with Crippen molar-refractivity contribution in [1.82, 2.24) is 4.98 Å². The van der Waals surface area contributed by atoms with Gasteiger partial charge in [0.05, 0.1) is 0 Å². The fourth-order valence-electron chi connectivity index (χ4n) is 1.91. The van der Waals surface area contributed by atoms with E-state index in [4.69, 9.17) is 0 Å². The molecule has 0 saturated carbocycles. The van der Waals surface area contributed by atoms with Crippen LogP contribution < -0.4 is 10.6 Å². The smallest absolute Gasteiger partial charge is 0.132 e. The molecule has 3 heteroatoms. The van der Waals surface area contributed by atoms with Crippen molar-refractivity contribution in [2.75, 3.05) is 17.7 Å². The molecule has 3 nitrogen and oxygen atoms in total. The summed E-state index contributed by atoms with van der Waals surface area (Å²) in [6.45, 7) is 2.19. The lowest BCUT2D eigenvalue weighted by Crippen LogP contribution is -1.99. The first-order chi connectivity index (χ1) is 8.83. The number of rotatable bonds is 5. The standard InChI is InChI=1S/C15H19N3/c1-3-7-12-8-4-5-9-13(12)17-15-11-6-10-14(16-2)18-15/h4-6,8-11H,3,7H2,1-2H3,(H2,16,17,18). The number of nitrogens with zero attached hydrogens (tertiary/aromatic N) is 1. The number of aromatic nitrogens is 1. The van der Waals surface area contributed by atoms with Crippen molar-refractivity contribution in [2.24, 2.45) is 0 Å². The van der Waals surface area contributed by atoms with E-state index in [1.165, 1.54) is 5.56 Å². The van der Waals surface area contributed by atoms with Crippen molar-refractivity contribution in [3.63, 3.8) is 0 Å².